The zero-order valence-electron chi connectivity index (χ0n) is 7.39. The molecule has 0 bridgehead atoms. The summed E-state index contributed by atoms with van der Waals surface area (Å²) in [6.07, 6.45) is 1.72. The van der Waals surface area contributed by atoms with Crippen molar-refractivity contribution < 1.29 is 13.9 Å². The van der Waals surface area contributed by atoms with E-state index in [1.807, 2.05) is 6.92 Å². The van der Waals surface area contributed by atoms with E-state index in [0.717, 1.165) is 12.8 Å². The number of halogens is 2. The van der Waals surface area contributed by atoms with Gasteiger partial charge in [-0.15, -0.1) is 0 Å². The van der Waals surface area contributed by atoms with Crippen molar-refractivity contribution in [1.82, 2.24) is 0 Å². The van der Waals surface area contributed by atoms with E-state index in [1.54, 1.807) is 0 Å². The molecule has 0 amide bonds. The summed E-state index contributed by atoms with van der Waals surface area (Å²) >= 11 is 0. The summed E-state index contributed by atoms with van der Waals surface area (Å²) < 4.78 is 24.8. The van der Waals surface area contributed by atoms with E-state index in [2.05, 4.69) is 0 Å². The van der Waals surface area contributed by atoms with Crippen molar-refractivity contribution in [1.29, 1.82) is 0 Å². The standard InChI is InChI=1S/C9H16F2O/c1-2-7(6-12)3-8-4-9(10,11)5-8/h7-8,12H,2-6H2,1H3. The smallest absolute Gasteiger partial charge is 0.248 e. The summed E-state index contributed by atoms with van der Waals surface area (Å²) in [4.78, 5) is 0. The van der Waals surface area contributed by atoms with Gasteiger partial charge in [-0.05, 0) is 18.3 Å². The minimum Gasteiger partial charge on any atom is -0.396 e. The molecule has 1 aliphatic rings. The van der Waals surface area contributed by atoms with Gasteiger partial charge in [-0.3, -0.25) is 0 Å². The summed E-state index contributed by atoms with van der Waals surface area (Å²) in [6.45, 7) is 2.12. The molecular weight excluding hydrogens is 162 g/mol. The molecule has 3 heteroatoms. The molecule has 1 atom stereocenters. The highest BCUT2D eigenvalue weighted by Gasteiger charge is 2.45. The maximum Gasteiger partial charge on any atom is 0.248 e. The van der Waals surface area contributed by atoms with E-state index in [1.165, 1.54) is 0 Å². The van der Waals surface area contributed by atoms with Crippen LogP contribution in [0.5, 0.6) is 0 Å². The van der Waals surface area contributed by atoms with Gasteiger partial charge in [-0.1, -0.05) is 13.3 Å². The molecule has 1 fully saturated rings. The van der Waals surface area contributed by atoms with Crippen LogP contribution in [0.1, 0.15) is 32.6 Å². The Morgan fingerprint density at radius 1 is 1.50 bits per heavy atom. The maximum atomic E-state index is 12.4. The Morgan fingerprint density at radius 2 is 2.08 bits per heavy atom. The van der Waals surface area contributed by atoms with Crippen molar-refractivity contribution in [3.8, 4) is 0 Å². The van der Waals surface area contributed by atoms with Gasteiger partial charge in [0.15, 0.2) is 0 Å². The molecule has 0 radical (unpaired) electrons. The van der Waals surface area contributed by atoms with Gasteiger partial charge in [0.1, 0.15) is 0 Å². The number of alkyl halides is 2. The topological polar surface area (TPSA) is 20.2 Å². The average molecular weight is 178 g/mol. The average Bonchev–Trinajstić information content (AvgIpc) is 1.96. The molecule has 1 saturated carbocycles. The molecule has 1 nitrogen and oxygen atoms in total. The predicted molar refractivity (Wildman–Crippen MR) is 43.2 cm³/mol. The Balaban J connectivity index is 2.17. The van der Waals surface area contributed by atoms with E-state index in [9.17, 15) is 8.78 Å². The van der Waals surface area contributed by atoms with Crippen LogP contribution in [0.25, 0.3) is 0 Å². The third kappa shape index (κ3) is 2.41. The SMILES string of the molecule is CCC(CO)CC1CC(F)(F)C1. The molecule has 0 aliphatic heterocycles. The number of aliphatic hydroxyl groups excluding tert-OH is 1. The normalized spacial score (nSPS) is 25.0. The number of rotatable bonds is 4. The predicted octanol–water partition coefficient (Wildman–Crippen LogP) is 2.44. The van der Waals surface area contributed by atoms with Crippen LogP contribution in [0, 0.1) is 11.8 Å². The lowest BCUT2D eigenvalue weighted by atomic mass is 9.75. The monoisotopic (exact) mass is 178 g/mol. The van der Waals surface area contributed by atoms with Gasteiger partial charge < -0.3 is 5.11 Å². The number of aliphatic hydroxyl groups is 1. The molecule has 0 aromatic rings. The summed E-state index contributed by atoms with van der Waals surface area (Å²) in [5.74, 6) is -2.03. The fourth-order valence-corrected chi connectivity index (χ4v) is 1.79. The van der Waals surface area contributed by atoms with E-state index in [-0.39, 0.29) is 31.3 Å². The van der Waals surface area contributed by atoms with Crippen molar-refractivity contribution in [2.45, 2.75) is 38.5 Å². The summed E-state index contributed by atoms with van der Waals surface area (Å²) in [5.41, 5.74) is 0. The molecule has 0 heterocycles. The van der Waals surface area contributed by atoms with Crippen molar-refractivity contribution >= 4 is 0 Å². The molecule has 0 aromatic heterocycles. The fraction of sp³-hybridized carbons (Fsp3) is 1.00. The molecule has 1 N–H and O–H groups in total. The largest absolute Gasteiger partial charge is 0.396 e. The molecule has 1 unspecified atom stereocenters. The van der Waals surface area contributed by atoms with Crippen LogP contribution in [0.2, 0.25) is 0 Å². The molecule has 0 spiro atoms. The molecule has 0 saturated heterocycles. The van der Waals surface area contributed by atoms with Gasteiger partial charge >= 0.3 is 0 Å². The minimum atomic E-state index is -2.40. The Morgan fingerprint density at radius 3 is 2.42 bits per heavy atom. The van der Waals surface area contributed by atoms with Crippen LogP contribution < -0.4 is 0 Å². The first-order chi connectivity index (χ1) is 5.57. The Bertz CT molecular complexity index is 135. The van der Waals surface area contributed by atoms with E-state index in [0.29, 0.717) is 0 Å². The quantitative estimate of drug-likeness (QED) is 0.701. The summed E-state index contributed by atoms with van der Waals surface area (Å²) in [6, 6.07) is 0. The van der Waals surface area contributed by atoms with Gasteiger partial charge in [-0.2, -0.15) is 0 Å². The highest BCUT2D eigenvalue weighted by atomic mass is 19.3. The Kier molecular flexibility index (Phi) is 3.04. The maximum absolute atomic E-state index is 12.4. The van der Waals surface area contributed by atoms with Gasteiger partial charge in [0.05, 0.1) is 0 Å². The lowest BCUT2D eigenvalue weighted by molar-refractivity contribution is -0.116. The zero-order chi connectivity index (χ0) is 9.19. The second-order valence-corrected chi connectivity index (χ2v) is 3.82. The highest BCUT2D eigenvalue weighted by Crippen LogP contribution is 2.45. The van der Waals surface area contributed by atoms with Crippen molar-refractivity contribution in [2.24, 2.45) is 11.8 Å². The van der Waals surface area contributed by atoms with Crippen LogP contribution >= 0.6 is 0 Å². The molecule has 1 aliphatic carbocycles. The fourth-order valence-electron chi connectivity index (χ4n) is 1.79. The zero-order valence-corrected chi connectivity index (χ0v) is 7.39. The number of hydrogen-bond acceptors (Lipinski definition) is 1. The summed E-state index contributed by atoms with van der Waals surface area (Å²) in [5, 5.41) is 8.84. The van der Waals surface area contributed by atoms with Crippen LogP contribution in [-0.4, -0.2) is 17.6 Å². The Labute approximate surface area is 71.8 Å². The van der Waals surface area contributed by atoms with Gasteiger partial charge in [0, 0.05) is 19.4 Å². The second-order valence-electron chi connectivity index (χ2n) is 3.82. The molecule has 12 heavy (non-hydrogen) atoms. The molecule has 0 aromatic carbocycles. The van der Waals surface area contributed by atoms with Crippen LogP contribution in [0.4, 0.5) is 8.78 Å². The van der Waals surface area contributed by atoms with Crippen molar-refractivity contribution in [3.63, 3.8) is 0 Å². The molecular formula is C9H16F2O. The first kappa shape index (κ1) is 9.90. The van der Waals surface area contributed by atoms with Gasteiger partial charge in [-0.25, -0.2) is 8.78 Å². The first-order valence-electron chi connectivity index (χ1n) is 4.56. The van der Waals surface area contributed by atoms with E-state index in [4.69, 9.17) is 5.11 Å². The van der Waals surface area contributed by atoms with Crippen molar-refractivity contribution in [2.75, 3.05) is 6.61 Å². The van der Waals surface area contributed by atoms with Crippen LogP contribution in [-0.2, 0) is 0 Å². The third-order valence-electron chi connectivity index (χ3n) is 2.68. The lowest BCUT2D eigenvalue weighted by Crippen LogP contribution is -2.36. The number of hydrogen-bond donors (Lipinski definition) is 1. The van der Waals surface area contributed by atoms with E-state index >= 15 is 0 Å². The second kappa shape index (κ2) is 3.69. The first-order valence-corrected chi connectivity index (χ1v) is 4.56. The van der Waals surface area contributed by atoms with Crippen LogP contribution in [0.15, 0.2) is 0 Å². The summed E-state index contributed by atoms with van der Waals surface area (Å²) in [7, 11) is 0. The van der Waals surface area contributed by atoms with Crippen molar-refractivity contribution in [3.05, 3.63) is 0 Å². The van der Waals surface area contributed by atoms with Gasteiger partial charge in [0.25, 0.3) is 0 Å². The van der Waals surface area contributed by atoms with Crippen LogP contribution in [0.3, 0.4) is 0 Å². The minimum absolute atomic E-state index is 0.0312. The molecule has 1 rings (SSSR count). The highest BCUT2D eigenvalue weighted by molar-refractivity contribution is 4.86. The Hall–Kier alpha value is -0.180. The third-order valence-corrected chi connectivity index (χ3v) is 2.68. The van der Waals surface area contributed by atoms with Gasteiger partial charge in [0.2, 0.25) is 5.92 Å². The van der Waals surface area contributed by atoms with E-state index < -0.39 is 5.92 Å². The molecule has 72 valence electrons. The lowest BCUT2D eigenvalue weighted by Gasteiger charge is -2.36.